The first kappa shape index (κ1) is 18.3. The van der Waals surface area contributed by atoms with Gasteiger partial charge in [0, 0.05) is 35.4 Å². The van der Waals surface area contributed by atoms with Gasteiger partial charge in [0.25, 0.3) is 0 Å². The van der Waals surface area contributed by atoms with Crippen LogP contribution in [0.3, 0.4) is 0 Å². The van der Waals surface area contributed by atoms with E-state index in [-0.39, 0.29) is 12.2 Å². The highest BCUT2D eigenvalue weighted by Crippen LogP contribution is 2.42. The fourth-order valence-electron chi connectivity index (χ4n) is 4.28. The molecular weight excluding hydrogens is 384 g/mol. The Hall–Kier alpha value is -3.74. The van der Waals surface area contributed by atoms with E-state index in [0.717, 1.165) is 28.6 Å². The molecule has 150 valence electrons. The lowest BCUT2D eigenvalue weighted by Gasteiger charge is -2.38. The van der Waals surface area contributed by atoms with Crippen molar-refractivity contribution >= 4 is 28.5 Å². The number of ether oxygens (including phenoxy) is 2. The Labute approximate surface area is 171 Å². The minimum absolute atomic E-state index is 0.154. The van der Waals surface area contributed by atoms with E-state index in [0.29, 0.717) is 16.8 Å². The molecule has 30 heavy (non-hydrogen) atoms. The maximum Gasteiger partial charge on any atom is 0.331 e. The third-order valence-electron chi connectivity index (χ3n) is 5.74. The Kier molecular flexibility index (Phi) is 4.24. The van der Waals surface area contributed by atoms with Crippen molar-refractivity contribution in [3.05, 3.63) is 77.4 Å². The lowest BCUT2D eigenvalue weighted by Crippen LogP contribution is -2.45. The predicted octanol–water partition coefficient (Wildman–Crippen LogP) is 2.99. The summed E-state index contributed by atoms with van der Waals surface area (Å²) in [6.45, 7) is 1.86. The minimum Gasteiger partial charge on any atom is -0.454 e. The van der Waals surface area contributed by atoms with Crippen molar-refractivity contribution in [3.63, 3.8) is 0 Å². The van der Waals surface area contributed by atoms with E-state index in [2.05, 4.69) is 9.97 Å². The first-order valence-electron chi connectivity index (χ1n) is 9.67. The largest absolute Gasteiger partial charge is 0.454 e. The molecule has 3 atom stereocenters. The number of aromatic nitrogens is 2. The van der Waals surface area contributed by atoms with Crippen molar-refractivity contribution in [2.24, 2.45) is 5.92 Å². The third-order valence-corrected chi connectivity index (χ3v) is 5.74. The summed E-state index contributed by atoms with van der Waals surface area (Å²) >= 11 is 0. The summed E-state index contributed by atoms with van der Waals surface area (Å²) in [6.07, 6.45) is 2.06. The summed E-state index contributed by atoms with van der Waals surface area (Å²) in [7, 11) is 0. The first-order chi connectivity index (χ1) is 14.5. The van der Waals surface area contributed by atoms with Crippen LogP contribution in [0.25, 0.3) is 10.8 Å². The van der Waals surface area contributed by atoms with Gasteiger partial charge >= 0.3 is 11.9 Å². The van der Waals surface area contributed by atoms with Gasteiger partial charge in [0.05, 0.1) is 17.9 Å². The molecule has 0 saturated heterocycles. The summed E-state index contributed by atoms with van der Waals surface area (Å²) in [5, 5.41) is 1.69. The Balaban J connectivity index is 1.71. The van der Waals surface area contributed by atoms with Gasteiger partial charge in [-0.3, -0.25) is 4.79 Å². The highest BCUT2D eigenvalue weighted by Gasteiger charge is 2.47. The van der Waals surface area contributed by atoms with Gasteiger partial charge in [-0.15, -0.1) is 0 Å². The molecule has 1 aliphatic carbocycles. The van der Waals surface area contributed by atoms with Crippen molar-refractivity contribution < 1.29 is 23.9 Å². The highest BCUT2D eigenvalue weighted by atomic mass is 16.6. The molecule has 3 unspecified atom stereocenters. The van der Waals surface area contributed by atoms with Crippen LogP contribution in [0.1, 0.15) is 33.4 Å². The van der Waals surface area contributed by atoms with Crippen LogP contribution in [0.2, 0.25) is 0 Å². The molecule has 7 heteroatoms. The van der Waals surface area contributed by atoms with Crippen LogP contribution in [-0.4, -0.2) is 33.8 Å². The number of fused-ring (bicyclic) bond motifs is 5. The predicted molar refractivity (Wildman–Crippen MR) is 107 cm³/mol. The number of carbonyl (C=O) groups is 3. The Morgan fingerprint density at radius 3 is 2.53 bits per heavy atom. The summed E-state index contributed by atoms with van der Waals surface area (Å²) in [5.74, 6) is -2.22. The van der Waals surface area contributed by atoms with E-state index >= 15 is 0 Å². The smallest absolute Gasteiger partial charge is 0.331 e. The van der Waals surface area contributed by atoms with Crippen molar-refractivity contribution in [1.82, 2.24) is 9.97 Å². The zero-order valence-corrected chi connectivity index (χ0v) is 16.1. The number of H-pyrrole nitrogens is 1. The van der Waals surface area contributed by atoms with E-state index in [9.17, 15) is 14.4 Å². The fourth-order valence-corrected chi connectivity index (χ4v) is 4.28. The quantitative estimate of drug-likeness (QED) is 0.662. The second-order valence-electron chi connectivity index (χ2n) is 7.49. The average Bonchev–Trinajstić information content (AvgIpc) is 3.14. The Morgan fingerprint density at radius 2 is 1.77 bits per heavy atom. The van der Waals surface area contributed by atoms with Crippen molar-refractivity contribution in [2.45, 2.75) is 25.6 Å². The number of aromatic amines is 1. The summed E-state index contributed by atoms with van der Waals surface area (Å²) < 4.78 is 11.3. The third kappa shape index (κ3) is 2.90. The van der Waals surface area contributed by atoms with Gasteiger partial charge in [0.2, 0.25) is 0 Å². The molecule has 7 nitrogen and oxygen atoms in total. The number of esters is 2. The summed E-state index contributed by atoms with van der Waals surface area (Å²) in [4.78, 5) is 45.5. The monoisotopic (exact) mass is 402 g/mol. The van der Waals surface area contributed by atoms with Gasteiger partial charge in [0.15, 0.2) is 18.0 Å². The number of rotatable bonds is 2. The van der Waals surface area contributed by atoms with Gasteiger partial charge in [-0.05, 0) is 17.7 Å². The van der Waals surface area contributed by atoms with Gasteiger partial charge in [-0.2, -0.15) is 0 Å². The van der Waals surface area contributed by atoms with Gasteiger partial charge in [0.1, 0.15) is 0 Å². The van der Waals surface area contributed by atoms with Crippen LogP contribution in [0.15, 0.2) is 54.9 Å². The number of hydrogen-bond donors (Lipinski definition) is 1. The number of carbonyl (C=O) groups excluding carboxylic acids is 3. The van der Waals surface area contributed by atoms with E-state index < -0.39 is 30.1 Å². The maximum atomic E-state index is 13.7. The molecule has 0 amide bonds. The van der Waals surface area contributed by atoms with Crippen molar-refractivity contribution in [1.29, 1.82) is 0 Å². The maximum absolute atomic E-state index is 13.7. The molecule has 1 aromatic heterocycles. The van der Waals surface area contributed by atoms with Crippen molar-refractivity contribution in [2.75, 3.05) is 0 Å². The molecule has 0 bridgehead atoms. The lowest BCUT2D eigenvalue weighted by molar-refractivity contribution is -0.168. The molecule has 2 aliphatic rings. The van der Waals surface area contributed by atoms with Gasteiger partial charge in [-0.25, -0.2) is 14.6 Å². The average molecular weight is 402 g/mol. The van der Waals surface area contributed by atoms with Crippen LogP contribution in [0.4, 0.5) is 0 Å². The molecule has 1 aliphatic heterocycles. The van der Waals surface area contributed by atoms with Crippen molar-refractivity contribution in [3.8, 4) is 0 Å². The number of nitrogens with zero attached hydrogens (tertiary/aromatic N) is 1. The molecule has 1 N–H and O–H groups in total. The molecule has 0 saturated carbocycles. The number of ketones is 1. The van der Waals surface area contributed by atoms with Gasteiger partial charge in [-0.1, -0.05) is 36.4 Å². The molecule has 5 rings (SSSR count). The number of aryl methyl sites for hydroxylation is 1. The number of imidazole rings is 1. The molecular formula is C23H18N2O5. The summed E-state index contributed by atoms with van der Waals surface area (Å²) in [6, 6.07) is 11.2. The first-order valence-corrected chi connectivity index (χ1v) is 9.67. The topological polar surface area (TPSA) is 98.4 Å². The number of benzene rings is 2. The molecule has 2 heterocycles. The normalized spacial score (nSPS) is 24.3. The Bertz CT molecular complexity index is 1230. The fraction of sp³-hybridized carbons (Fsp3) is 0.217. The molecule has 3 aromatic rings. The Morgan fingerprint density at radius 1 is 1.00 bits per heavy atom. The number of hydrogen-bond acceptors (Lipinski definition) is 6. The van der Waals surface area contributed by atoms with E-state index in [4.69, 9.17) is 9.47 Å². The van der Waals surface area contributed by atoms with Gasteiger partial charge < -0.3 is 14.5 Å². The van der Waals surface area contributed by atoms with Crippen LogP contribution in [-0.2, 0) is 25.5 Å². The second kappa shape index (κ2) is 6.95. The molecule has 0 fully saturated rings. The molecule has 0 spiro atoms. The SMILES string of the molecule is Cc1[nH]cnc1CC1C(=O)c2c(ccc3ccccc23)C2OC(=O)/C=C\C(=O)OC12. The summed E-state index contributed by atoms with van der Waals surface area (Å²) in [5.41, 5.74) is 2.59. The van der Waals surface area contributed by atoms with E-state index in [1.54, 1.807) is 12.4 Å². The zero-order chi connectivity index (χ0) is 20.8. The minimum atomic E-state index is -0.941. The molecule has 2 aromatic carbocycles. The van der Waals surface area contributed by atoms with E-state index in [1.807, 2.05) is 37.3 Å². The molecule has 0 radical (unpaired) electrons. The second-order valence-corrected chi connectivity index (χ2v) is 7.49. The van der Waals surface area contributed by atoms with Crippen LogP contribution >= 0.6 is 0 Å². The number of Topliss-reactive ketones (excluding diaryl/α,β-unsaturated/α-hetero) is 1. The lowest BCUT2D eigenvalue weighted by atomic mass is 9.74. The standard InChI is InChI=1S/C23H18N2O5/c1-12-17(25-11-24-12)10-16-21(28)20-14-5-3-2-4-13(14)6-7-15(20)22-23(16)30-19(27)9-8-18(26)29-22/h2-9,11,16,22-23H,10H2,1H3,(H,24,25)/b9-8-. The highest BCUT2D eigenvalue weighted by molar-refractivity contribution is 6.12. The van der Waals surface area contributed by atoms with Crippen LogP contribution in [0, 0.1) is 12.8 Å². The number of nitrogens with one attached hydrogen (secondary N) is 1. The van der Waals surface area contributed by atoms with E-state index in [1.165, 1.54) is 0 Å². The zero-order valence-electron chi connectivity index (χ0n) is 16.1. The van der Waals surface area contributed by atoms with Crippen LogP contribution < -0.4 is 0 Å². The van der Waals surface area contributed by atoms with Crippen LogP contribution in [0.5, 0.6) is 0 Å².